The third kappa shape index (κ3) is 4.10. The molecule has 0 bridgehead atoms. The summed E-state index contributed by atoms with van der Waals surface area (Å²) in [5.74, 6) is -0.929. The number of carbonyl (C=O) groups excluding carboxylic acids is 3. The highest BCUT2D eigenvalue weighted by Crippen LogP contribution is 2.25. The largest absolute Gasteiger partial charge is 0.326 e. The van der Waals surface area contributed by atoms with E-state index in [2.05, 4.69) is 5.32 Å². The highest BCUT2D eigenvalue weighted by Gasteiger charge is 2.29. The van der Waals surface area contributed by atoms with Crippen LogP contribution in [0.25, 0.3) is 0 Å². The number of benzene rings is 1. The first-order valence-electron chi connectivity index (χ1n) is 8.21. The number of nitrogens with zero attached hydrogens (tertiary/aromatic N) is 2. The summed E-state index contributed by atoms with van der Waals surface area (Å²) < 4.78 is 25.8. The summed E-state index contributed by atoms with van der Waals surface area (Å²) in [6, 6.07) is 2.98. The number of likely N-dealkylation sites (tertiary alicyclic amines) is 1. The van der Waals surface area contributed by atoms with Crippen LogP contribution in [-0.2, 0) is 24.4 Å². The van der Waals surface area contributed by atoms with Crippen LogP contribution in [0.4, 0.5) is 5.69 Å². The third-order valence-electron chi connectivity index (χ3n) is 4.41. The van der Waals surface area contributed by atoms with Crippen molar-refractivity contribution in [1.82, 2.24) is 9.21 Å². The van der Waals surface area contributed by atoms with E-state index < -0.39 is 10.0 Å². The van der Waals surface area contributed by atoms with E-state index in [1.165, 1.54) is 20.2 Å². The van der Waals surface area contributed by atoms with E-state index in [4.69, 9.17) is 0 Å². The van der Waals surface area contributed by atoms with Crippen molar-refractivity contribution in [2.24, 2.45) is 0 Å². The second-order valence-corrected chi connectivity index (χ2v) is 8.59. The molecule has 0 radical (unpaired) electrons. The van der Waals surface area contributed by atoms with Crippen LogP contribution < -0.4 is 5.32 Å². The summed E-state index contributed by atoms with van der Waals surface area (Å²) in [7, 11) is -0.755. The van der Waals surface area contributed by atoms with Crippen molar-refractivity contribution in [3.8, 4) is 0 Å². The Hall–Kier alpha value is -2.26. The molecule has 0 saturated carbocycles. The van der Waals surface area contributed by atoms with Gasteiger partial charge in [-0.05, 0) is 37.1 Å². The fourth-order valence-corrected chi connectivity index (χ4v) is 3.63. The maximum absolute atomic E-state index is 12.3. The van der Waals surface area contributed by atoms with Gasteiger partial charge >= 0.3 is 0 Å². The topological polar surface area (TPSA) is 104 Å². The lowest BCUT2D eigenvalue weighted by Gasteiger charge is -2.17. The first-order chi connectivity index (χ1) is 12.0. The zero-order valence-electron chi connectivity index (χ0n) is 15.3. The Morgan fingerprint density at radius 3 is 2.27 bits per heavy atom. The smallest absolute Gasteiger partial charge is 0.242 e. The van der Waals surface area contributed by atoms with Crippen molar-refractivity contribution >= 4 is 33.4 Å². The van der Waals surface area contributed by atoms with Crippen molar-refractivity contribution < 1.29 is 22.8 Å². The van der Waals surface area contributed by atoms with Gasteiger partial charge in [0, 0.05) is 45.6 Å². The number of nitrogens with one attached hydrogen (secondary N) is 1. The molecule has 1 N–H and O–H groups in total. The van der Waals surface area contributed by atoms with Gasteiger partial charge < -0.3 is 5.32 Å². The lowest BCUT2D eigenvalue weighted by molar-refractivity contribution is -0.138. The standard InChI is InChI=1S/C17H23N3O5S/c1-11-9-13(26(24,25)19(3)4)10-14(12(11)2)18-15(21)7-8-20-16(22)5-6-17(20)23/h9-10H,5-8H2,1-4H3,(H,18,21). The summed E-state index contributed by atoms with van der Waals surface area (Å²) >= 11 is 0. The number of aryl methyl sites for hydroxylation is 1. The van der Waals surface area contributed by atoms with Gasteiger partial charge in [-0.1, -0.05) is 0 Å². The Bertz CT molecular complexity index is 845. The molecule has 0 spiro atoms. The van der Waals surface area contributed by atoms with Crippen molar-refractivity contribution in [1.29, 1.82) is 0 Å². The van der Waals surface area contributed by atoms with Crippen molar-refractivity contribution in [2.75, 3.05) is 26.0 Å². The summed E-state index contributed by atoms with van der Waals surface area (Å²) in [5.41, 5.74) is 1.88. The van der Waals surface area contributed by atoms with Crippen molar-refractivity contribution in [3.63, 3.8) is 0 Å². The van der Waals surface area contributed by atoms with Crippen LogP contribution in [0.1, 0.15) is 30.4 Å². The van der Waals surface area contributed by atoms with Crippen LogP contribution in [0.5, 0.6) is 0 Å². The Balaban J connectivity index is 2.15. The number of amides is 3. The van der Waals surface area contributed by atoms with Gasteiger partial charge in [-0.25, -0.2) is 12.7 Å². The molecule has 1 aliphatic heterocycles. The molecular formula is C17H23N3O5S. The molecule has 26 heavy (non-hydrogen) atoms. The normalized spacial score (nSPS) is 15.0. The Morgan fingerprint density at radius 1 is 1.15 bits per heavy atom. The monoisotopic (exact) mass is 381 g/mol. The van der Waals surface area contributed by atoms with Gasteiger partial charge in [-0.3, -0.25) is 19.3 Å². The van der Waals surface area contributed by atoms with E-state index in [9.17, 15) is 22.8 Å². The molecule has 2 rings (SSSR count). The quantitative estimate of drug-likeness (QED) is 0.741. The zero-order chi connectivity index (χ0) is 19.6. The van der Waals surface area contributed by atoms with E-state index in [1.807, 2.05) is 0 Å². The van der Waals surface area contributed by atoms with Gasteiger partial charge in [-0.2, -0.15) is 0 Å². The lowest BCUT2D eigenvalue weighted by atomic mass is 10.1. The second kappa shape index (κ2) is 7.55. The van der Waals surface area contributed by atoms with Crippen LogP contribution in [0.3, 0.4) is 0 Å². The van der Waals surface area contributed by atoms with Gasteiger partial charge in [0.15, 0.2) is 0 Å². The van der Waals surface area contributed by atoms with E-state index in [-0.39, 0.29) is 48.4 Å². The predicted molar refractivity (Wildman–Crippen MR) is 96.0 cm³/mol. The van der Waals surface area contributed by atoms with Crippen LogP contribution in [0.15, 0.2) is 17.0 Å². The maximum Gasteiger partial charge on any atom is 0.242 e. The highest BCUT2D eigenvalue weighted by molar-refractivity contribution is 7.89. The van der Waals surface area contributed by atoms with Crippen molar-refractivity contribution in [3.05, 3.63) is 23.3 Å². The zero-order valence-corrected chi connectivity index (χ0v) is 16.1. The Labute approximate surface area is 153 Å². The van der Waals surface area contributed by atoms with E-state index in [0.29, 0.717) is 5.69 Å². The molecule has 1 aromatic rings. The number of imide groups is 1. The fourth-order valence-electron chi connectivity index (χ4n) is 2.61. The molecule has 0 aliphatic carbocycles. The van der Waals surface area contributed by atoms with E-state index in [0.717, 1.165) is 20.3 Å². The first kappa shape index (κ1) is 20.1. The number of hydrogen-bond donors (Lipinski definition) is 1. The summed E-state index contributed by atoms with van der Waals surface area (Å²) in [4.78, 5) is 36.5. The molecule has 3 amide bonds. The minimum Gasteiger partial charge on any atom is -0.326 e. The van der Waals surface area contributed by atoms with Gasteiger partial charge in [0.1, 0.15) is 0 Å². The van der Waals surface area contributed by atoms with Crippen LogP contribution in [-0.4, -0.2) is 56.0 Å². The molecular weight excluding hydrogens is 358 g/mol. The molecule has 0 unspecified atom stereocenters. The molecule has 9 heteroatoms. The molecule has 0 aromatic heterocycles. The lowest BCUT2D eigenvalue weighted by Crippen LogP contribution is -2.32. The van der Waals surface area contributed by atoms with Crippen LogP contribution in [0, 0.1) is 13.8 Å². The Kier molecular flexibility index (Phi) is 5.82. The highest BCUT2D eigenvalue weighted by atomic mass is 32.2. The number of carbonyl (C=O) groups is 3. The van der Waals surface area contributed by atoms with Gasteiger partial charge in [0.2, 0.25) is 27.7 Å². The fraction of sp³-hybridized carbons (Fsp3) is 0.471. The first-order valence-corrected chi connectivity index (χ1v) is 9.65. The van der Waals surface area contributed by atoms with E-state index >= 15 is 0 Å². The van der Waals surface area contributed by atoms with Crippen molar-refractivity contribution in [2.45, 2.75) is 38.0 Å². The summed E-state index contributed by atoms with van der Waals surface area (Å²) in [5, 5.41) is 2.68. The molecule has 8 nitrogen and oxygen atoms in total. The van der Waals surface area contributed by atoms with Gasteiger partial charge in [0.25, 0.3) is 0 Å². The molecule has 1 fully saturated rings. The predicted octanol–water partition coefficient (Wildman–Crippen LogP) is 1.03. The maximum atomic E-state index is 12.3. The third-order valence-corrected chi connectivity index (χ3v) is 6.20. The number of rotatable bonds is 6. The summed E-state index contributed by atoms with van der Waals surface area (Å²) in [6.45, 7) is 3.57. The molecule has 142 valence electrons. The molecule has 1 heterocycles. The minimum absolute atomic E-state index is 0.0250. The minimum atomic E-state index is -3.63. The van der Waals surface area contributed by atoms with Gasteiger partial charge in [-0.15, -0.1) is 0 Å². The average molecular weight is 381 g/mol. The average Bonchev–Trinajstić information content (AvgIpc) is 2.87. The van der Waals surface area contributed by atoms with Gasteiger partial charge in [0.05, 0.1) is 4.90 Å². The summed E-state index contributed by atoms with van der Waals surface area (Å²) in [6.07, 6.45) is 0.326. The van der Waals surface area contributed by atoms with Crippen LogP contribution >= 0.6 is 0 Å². The molecule has 1 saturated heterocycles. The molecule has 0 atom stereocenters. The Morgan fingerprint density at radius 2 is 1.73 bits per heavy atom. The molecule has 1 aromatic carbocycles. The van der Waals surface area contributed by atoms with Crippen LogP contribution in [0.2, 0.25) is 0 Å². The number of sulfonamides is 1. The van der Waals surface area contributed by atoms with E-state index in [1.54, 1.807) is 19.9 Å². The number of anilines is 1. The SMILES string of the molecule is Cc1cc(S(=O)(=O)N(C)C)cc(NC(=O)CCN2C(=O)CCC2=O)c1C. The molecule has 1 aliphatic rings. The second-order valence-electron chi connectivity index (χ2n) is 6.44. The number of hydrogen-bond acceptors (Lipinski definition) is 5.